The van der Waals surface area contributed by atoms with E-state index in [0.29, 0.717) is 10.0 Å². The maximum atomic E-state index is 5.77. The Morgan fingerprint density at radius 2 is 2.00 bits per heavy atom. The molecule has 0 aromatic heterocycles. The van der Waals surface area contributed by atoms with Gasteiger partial charge in [0, 0.05) is 7.05 Å². The molecule has 0 spiro atoms. The fraction of sp³-hybridized carbons (Fsp3) is 0.143. The first-order valence-electron chi connectivity index (χ1n) is 2.79. The predicted molar refractivity (Wildman–Crippen MR) is 44.2 cm³/mol. The molecule has 53 valence electrons. The number of rotatable bonds is 1. The summed E-state index contributed by atoms with van der Waals surface area (Å²) in [5.41, 5.74) is 0.731. The van der Waals surface area contributed by atoms with E-state index in [-0.39, 0.29) is 0 Å². The largest absolute Gasteiger partial charge is 0.287 e. The van der Waals surface area contributed by atoms with Crippen molar-refractivity contribution in [2.24, 2.45) is 0 Å². The van der Waals surface area contributed by atoms with Gasteiger partial charge in [0.2, 0.25) is 0 Å². The van der Waals surface area contributed by atoms with E-state index in [9.17, 15) is 0 Å². The molecule has 0 atom stereocenters. The van der Waals surface area contributed by atoms with E-state index in [2.05, 4.69) is 5.32 Å². The zero-order valence-electron chi connectivity index (χ0n) is 5.44. The Hall–Kier alpha value is -0.400. The average molecular weight is 175 g/mol. The molecular weight excluding hydrogens is 169 g/mol. The van der Waals surface area contributed by atoms with Gasteiger partial charge in [0.15, 0.2) is 0 Å². The van der Waals surface area contributed by atoms with Gasteiger partial charge < -0.3 is 0 Å². The second-order valence-corrected chi connectivity index (χ2v) is 2.58. The molecule has 0 bridgehead atoms. The Morgan fingerprint density at radius 1 is 1.30 bits per heavy atom. The van der Waals surface area contributed by atoms with Crippen molar-refractivity contribution in [1.29, 1.82) is 0 Å². The van der Waals surface area contributed by atoms with Gasteiger partial charge in [-0.25, -0.2) is 0 Å². The molecule has 1 aromatic rings. The predicted octanol–water partition coefficient (Wildman–Crippen LogP) is 2.86. The first-order chi connectivity index (χ1) is 4.75. The number of nitrogens with zero attached hydrogens (tertiary/aromatic N) is 1. The highest BCUT2D eigenvalue weighted by Gasteiger charge is 2.01. The van der Waals surface area contributed by atoms with E-state index in [1.165, 1.54) is 0 Å². The molecule has 0 aliphatic rings. The maximum Gasteiger partial charge on any atom is 0.0844 e. The lowest BCUT2D eigenvalue weighted by atomic mass is 10.3. The summed E-state index contributed by atoms with van der Waals surface area (Å²) < 4.78 is 0. The summed E-state index contributed by atoms with van der Waals surface area (Å²) in [4.78, 5) is 0. The van der Waals surface area contributed by atoms with Crippen molar-refractivity contribution in [1.82, 2.24) is 5.32 Å². The van der Waals surface area contributed by atoms with Crippen molar-refractivity contribution in [3.63, 3.8) is 0 Å². The van der Waals surface area contributed by atoms with Crippen LogP contribution < -0.4 is 5.32 Å². The van der Waals surface area contributed by atoms with Crippen LogP contribution in [0.25, 0.3) is 0 Å². The molecule has 3 heteroatoms. The molecule has 0 fully saturated rings. The summed E-state index contributed by atoms with van der Waals surface area (Å²) in [5.74, 6) is 0. The van der Waals surface area contributed by atoms with E-state index in [1.807, 2.05) is 12.1 Å². The van der Waals surface area contributed by atoms with Gasteiger partial charge >= 0.3 is 0 Å². The zero-order chi connectivity index (χ0) is 7.56. The first kappa shape index (κ1) is 7.70. The van der Waals surface area contributed by atoms with Crippen molar-refractivity contribution in [2.75, 3.05) is 7.05 Å². The van der Waals surface area contributed by atoms with Crippen LogP contribution in [0.15, 0.2) is 18.2 Å². The molecule has 1 radical (unpaired) electrons. The lowest BCUT2D eigenvalue weighted by Crippen LogP contribution is -1.86. The molecule has 0 aliphatic carbocycles. The van der Waals surface area contributed by atoms with Gasteiger partial charge in [-0.1, -0.05) is 29.3 Å². The van der Waals surface area contributed by atoms with Crippen LogP contribution in [-0.2, 0) is 0 Å². The van der Waals surface area contributed by atoms with E-state index in [0.717, 1.165) is 5.69 Å². The normalized spacial score (nSPS) is 9.50. The van der Waals surface area contributed by atoms with Gasteiger partial charge in [0.25, 0.3) is 0 Å². The zero-order valence-corrected chi connectivity index (χ0v) is 6.95. The van der Waals surface area contributed by atoms with Gasteiger partial charge in [0.1, 0.15) is 0 Å². The van der Waals surface area contributed by atoms with Gasteiger partial charge in [-0.3, -0.25) is 5.32 Å². The number of halogens is 2. The molecule has 1 rings (SSSR count). The van der Waals surface area contributed by atoms with Crippen LogP contribution in [0.4, 0.5) is 5.69 Å². The van der Waals surface area contributed by atoms with E-state index in [1.54, 1.807) is 13.1 Å². The standard InChI is InChI=1S/C7H6Cl2N/c1-10-6-4-2-3-5(8)7(6)9/h2-4H,1H3. The molecule has 0 heterocycles. The minimum absolute atomic E-state index is 0.520. The van der Waals surface area contributed by atoms with E-state index in [4.69, 9.17) is 23.2 Å². The number of hydrogen-bond acceptors (Lipinski definition) is 0. The molecule has 0 saturated carbocycles. The smallest absolute Gasteiger partial charge is 0.0844 e. The van der Waals surface area contributed by atoms with Crippen molar-refractivity contribution < 1.29 is 0 Å². The van der Waals surface area contributed by atoms with Gasteiger partial charge in [-0.2, -0.15) is 0 Å². The molecule has 1 aromatic carbocycles. The van der Waals surface area contributed by atoms with Crippen molar-refractivity contribution in [3.8, 4) is 0 Å². The van der Waals surface area contributed by atoms with Crippen LogP contribution in [0, 0.1) is 0 Å². The van der Waals surface area contributed by atoms with Crippen LogP contribution in [-0.4, -0.2) is 7.05 Å². The summed E-state index contributed by atoms with van der Waals surface area (Å²) in [6.07, 6.45) is 0. The van der Waals surface area contributed by atoms with E-state index >= 15 is 0 Å². The highest BCUT2D eigenvalue weighted by Crippen LogP contribution is 2.28. The number of hydrogen-bond donors (Lipinski definition) is 0. The maximum absolute atomic E-state index is 5.77. The van der Waals surface area contributed by atoms with Crippen molar-refractivity contribution in [2.45, 2.75) is 0 Å². The molecule has 1 nitrogen and oxygen atoms in total. The molecule has 10 heavy (non-hydrogen) atoms. The Bertz CT molecular complexity index is 235. The Morgan fingerprint density at radius 3 is 2.50 bits per heavy atom. The lowest BCUT2D eigenvalue weighted by Gasteiger charge is -2.00. The van der Waals surface area contributed by atoms with Crippen molar-refractivity contribution >= 4 is 28.9 Å². The highest BCUT2D eigenvalue weighted by molar-refractivity contribution is 6.43. The third-order valence-electron chi connectivity index (χ3n) is 1.17. The lowest BCUT2D eigenvalue weighted by molar-refractivity contribution is 1.09. The molecule has 0 saturated heterocycles. The Balaban J connectivity index is 3.14. The fourth-order valence-electron chi connectivity index (χ4n) is 0.665. The van der Waals surface area contributed by atoms with Crippen LogP contribution in [0.1, 0.15) is 0 Å². The van der Waals surface area contributed by atoms with E-state index < -0.39 is 0 Å². The molecule has 0 unspecified atom stereocenters. The molecule has 0 aliphatic heterocycles. The van der Waals surface area contributed by atoms with Crippen molar-refractivity contribution in [3.05, 3.63) is 28.2 Å². The summed E-state index contributed by atoms with van der Waals surface area (Å²) >= 11 is 11.5. The summed E-state index contributed by atoms with van der Waals surface area (Å²) in [7, 11) is 1.68. The summed E-state index contributed by atoms with van der Waals surface area (Å²) in [5, 5.41) is 4.98. The Labute approximate surface area is 70.0 Å². The first-order valence-corrected chi connectivity index (χ1v) is 3.55. The molecule has 0 N–H and O–H groups in total. The molecule has 0 amide bonds. The van der Waals surface area contributed by atoms with Gasteiger partial charge in [-0.15, -0.1) is 0 Å². The monoisotopic (exact) mass is 174 g/mol. The third kappa shape index (κ3) is 1.36. The third-order valence-corrected chi connectivity index (χ3v) is 1.98. The second kappa shape index (κ2) is 3.13. The van der Waals surface area contributed by atoms with Crippen LogP contribution in [0.2, 0.25) is 10.0 Å². The summed E-state index contributed by atoms with van der Waals surface area (Å²) in [6.45, 7) is 0. The minimum Gasteiger partial charge on any atom is -0.287 e. The van der Waals surface area contributed by atoms with Crippen LogP contribution in [0.3, 0.4) is 0 Å². The average Bonchev–Trinajstić information content (AvgIpc) is 1.95. The topological polar surface area (TPSA) is 14.1 Å². The SMILES string of the molecule is C[N]c1cccc(Cl)c1Cl. The minimum atomic E-state index is 0.520. The quantitative estimate of drug-likeness (QED) is 0.622. The highest BCUT2D eigenvalue weighted by atomic mass is 35.5. The number of benzene rings is 1. The van der Waals surface area contributed by atoms with Gasteiger partial charge in [0.05, 0.1) is 15.7 Å². The second-order valence-electron chi connectivity index (χ2n) is 1.80. The van der Waals surface area contributed by atoms with Crippen LogP contribution >= 0.6 is 23.2 Å². The van der Waals surface area contributed by atoms with Gasteiger partial charge in [-0.05, 0) is 12.1 Å². The molecular formula is C7H6Cl2N. The Kier molecular flexibility index (Phi) is 2.41. The fourth-order valence-corrected chi connectivity index (χ4v) is 1.05. The van der Waals surface area contributed by atoms with Crippen LogP contribution in [0.5, 0.6) is 0 Å². The summed E-state index contributed by atoms with van der Waals surface area (Å²) in [6, 6.07) is 5.36.